The van der Waals surface area contributed by atoms with E-state index >= 15 is 0 Å². The van der Waals surface area contributed by atoms with Crippen molar-refractivity contribution in [2.45, 2.75) is 45.4 Å². The highest BCUT2D eigenvalue weighted by Crippen LogP contribution is 2.38. The Morgan fingerprint density at radius 3 is 2.94 bits per heavy atom. The molecule has 0 amide bonds. The molecule has 0 radical (unpaired) electrons. The highest BCUT2D eigenvalue weighted by atomic mass is 32.1. The zero-order valence-corrected chi connectivity index (χ0v) is 11.8. The number of hydrogen-bond donors (Lipinski definition) is 1. The molecule has 1 fully saturated rings. The summed E-state index contributed by atoms with van der Waals surface area (Å²) in [6.45, 7) is 2.22. The van der Waals surface area contributed by atoms with Crippen LogP contribution in [-0.4, -0.2) is 11.1 Å². The molecule has 18 heavy (non-hydrogen) atoms. The van der Waals surface area contributed by atoms with Crippen LogP contribution in [0.25, 0.3) is 0 Å². The van der Waals surface area contributed by atoms with Crippen LogP contribution in [0.1, 0.15) is 44.6 Å². The van der Waals surface area contributed by atoms with Gasteiger partial charge in [-0.05, 0) is 66.3 Å². The molecular weight excluding hydrogens is 244 g/mol. The topological polar surface area (TPSA) is 37.3 Å². The van der Waals surface area contributed by atoms with Gasteiger partial charge >= 0.3 is 5.97 Å². The summed E-state index contributed by atoms with van der Waals surface area (Å²) in [6, 6.07) is 2.15. The molecule has 1 aliphatic carbocycles. The van der Waals surface area contributed by atoms with Crippen molar-refractivity contribution in [1.82, 2.24) is 0 Å². The van der Waals surface area contributed by atoms with Crippen LogP contribution in [0.15, 0.2) is 16.8 Å². The molecule has 0 saturated heterocycles. The Kier molecular flexibility index (Phi) is 4.81. The van der Waals surface area contributed by atoms with Crippen LogP contribution in [0, 0.1) is 17.8 Å². The maximum Gasteiger partial charge on any atom is 0.306 e. The van der Waals surface area contributed by atoms with E-state index in [0.717, 1.165) is 38.0 Å². The van der Waals surface area contributed by atoms with Gasteiger partial charge in [0.25, 0.3) is 0 Å². The lowest BCUT2D eigenvalue weighted by atomic mass is 9.71. The van der Waals surface area contributed by atoms with Gasteiger partial charge in [-0.1, -0.05) is 13.3 Å². The first-order chi connectivity index (χ1) is 8.70. The van der Waals surface area contributed by atoms with Crippen LogP contribution in [0.3, 0.4) is 0 Å². The fourth-order valence-corrected chi connectivity index (χ4v) is 3.87. The smallest absolute Gasteiger partial charge is 0.306 e. The van der Waals surface area contributed by atoms with Crippen molar-refractivity contribution in [3.05, 3.63) is 22.4 Å². The van der Waals surface area contributed by atoms with E-state index in [1.165, 1.54) is 12.0 Å². The van der Waals surface area contributed by atoms with E-state index in [9.17, 15) is 9.90 Å². The van der Waals surface area contributed by atoms with E-state index in [4.69, 9.17) is 0 Å². The fraction of sp³-hybridized carbons (Fsp3) is 0.667. The van der Waals surface area contributed by atoms with Gasteiger partial charge in [-0.2, -0.15) is 11.3 Å². The van der Waals surface area contributed by atoms with Gasteiger partial charge in [-0.15, -0.1) is 0 Å². The largest absolute Gasteiger partial charge is 0.481 e. The van der Waals surface area contributed by atoms with Crippen molar-refractivity contribution in [1.29, 1.82) is 0 Å². The summed E-state index contributed by atoms with van der Waals surface area (Å²) in [5, 5.41) is 13.6. The van der Waals surface area contributed by atoms with Crippen LogP contribution >= 0.6 is 11.3 Å². The van der Waals surface area contributed by atoms with Crippen LogP contribution in [-0.2, 0) is 11.2 Å². The summed E-state index contributed by atoms with van der Waals surface area (Å²) in [7, 11) is 0. The van der Waals surface area contributed by atoms with Crippen LogP contribution < -0.4 is 0 Å². The van der Waals surface area contributed by atoms with Gasteiger partial charge in [0.05, 0.1) is 5.92 Å². The first-order valence-electron chi connectivity index (χ1n) is 6.94. The Hall–Kier alpha value is -0.830. The van der Waals surface area contributed by atoms with Crippen LogP contribution in [0.2, 0.25) is 0 Å². The Morgan fingerprint density at radius 1 is 1.50 bits per heavy atom. The molecule has 2 nitrogen and oxygen atoms in total. The number of rotatable bonds is 5. The highest BCUT2D eigenvalue weighted by Gasteiger charge is 2.33. The molecule has 0 aliphatic heterocycles. The Bertz CT molecular complexity index is 372. The predicted molar refractivity (Wildman–Crippen MR) is 74.9 cm³/mol. The average molecular weight is 266 g/mol. The Balaban J connectivity index is 1.94. The number of carbonyl (C=O) groups is 1. The molecule has 3 heteroatoms. The third kappa shape index (κ3) is 3.35. The lowest BCUT2D eigenvalue weighted by Gasteiger charge is -2.33. The molecule has 0 spiro atoms. The van der Waals surface area contributed by atoms with E-state index in [0.29, 0.717) is 5.92 Å². The van der Waals surface area contributed by atoms with E-state index in [1.54, 1.807) is 11.3 Å². The van der Waals surface area contributed by atoms with Gasteiger partial charge in [-0.25, -0.2) is 0 Å². The monoisotopic (exact) mass is 266 g/mol. The van der Waals surface area contributed by atoms with Crippen LogP contribution in [0.4, 0.5) is 0 Å². The molecule has 1 saturated carbocycles. The summed E-state index contributed by atoms with van der Waals surface area (Å²) in [5.41, 5.74) is 1.36. The van der Waals surface area contributed by atoms with E-state index in [2.05, 4.69) is 23.8 Å². The maximum absolute atomic E-state index is 11.3. The maximum atomic E-state index is 11.3. The first kappa shape index (κ1) is 13.6. The SMILES string of the molecule is CCC1CCC(C(=O)O)C(CCc2ccsc2)C1. The van der Waals surface area contributed by atoms with E-state index in [1.807, 2.05) is 0 Å². The van der Waals surface area contributed by atoms with Crippen molar-refractivity contribution >= 4 is 17.3 Å². The summed E-state index contributed by atoms with van der Waals surface area (Å²) in [5.74, 6) is 0.431. The standard InChI is InChI=1S/C15H22O2S/c1-2-11-4-6-14(15(16)17)13(9-11)5-3-12-7-8-18-10-12/h7-8,10-11,13-14H,2-6,9H2,1H3,(H,16,17). The molecule has 2 rings (SSSR count). The molecule has 1 N–H and O–H groups in total. The molecule has 3 atom stereocenters. The summed E-state index contributed by atoms with van der Waals surface area (Å²) < 4.78 is 0. The summed E-state index contributed by atoms with van der Waals surface area (Å²) in [6.07, 6.45) is 6.35. The van der Waals surface area contributed by atoms with Crippen molar-refractivity contribution in [3.8, 4) is 0 Å². The highest BCUT2D eigenvalue weighted by molar-refractivity contribution is 7.07. The number of aliphatic carboxylic acids is 1. The fourth-order valence-electron chi connectivity index (χ4n) is 3.16. The van der Waals surface area contributed by atoms with Gasteiger partial charge in [0.15, 0.2) is 0 Å². The number of carboxylic acids is 1. The van der Waals surface area contributed by atoms with E-state index < -0.39 is 5.97 Å². The third-order valence-corrected chi connectivity index (χ3v) is 5.10. The minimum Gasteiger partial charge on any atom is -0.481 e. The second-order valence-corrected chi connectivity index (χ2v) is 6.24. The van der Waals surface area contributed by atoms with Crippen molar-refractivity contribution in [2.24, 2.45) is 17.8 Å². The number of hydrogen-bond acceptors (Lipinski definition) is 2. The number of thiophene rings is 1. The van der Waals surface area contributed by atoms with Gasteiger partial charge in [0.2, 0.25) is 0 Å². The van der Waals surface area contributed by atoms with Crippen LogP contribution in [0.5, 0.6) is 0 Å². The van der Waals surface area contributed by atoms with Gasteiger partial charge in [-0.3, -0.25) is 4.79 Å². The molecule has 1 heterocycles. The lowest BCUT2D eigenvalue weighted by Crippen LogP contribution is -2.30. The molecule has 0 aromatic carbocycles. The minimum atomic E-state index is -0.583. The van der Waals surface area contributed by atoms with Crippen molar-refractivity contribution < 1.29 is 9.90 Å². The Morgan fingerprint density at radius 2 is 2.33 bits per heavy atom. The molecule has 1 aromatic heterocycles. The molecule has 1 aromatic rings. The molecule has 3 unspecified atom stereocenters. The van der Waals surface area contributed by atoms with Gasteiger partial charge in [0, 0.05) is 0 Å². The molecule has 1 aliphatic rings. The first-order valence-corrected chi connectivity index (χ1v) is 7.88. The zero-order valence-electron chi connectivity index (χ0n) is 11.0. The summed E-state index contributed by atoms with van der Waals surface area (Å²) in [4.78, 5) is 11.3. The lowest BCUT2D eigenvalue weighted by molar-refractivity contribution is -0.145. The van der Waals surface area contributed by atoms with Gasteiger partial charge < -0.3 is 5.11 Å². The van der Waals surface area contributed by atoms with E-state index in [-0.39, 0.29) is 5.92 Å². The molecule has 100 valence electrons. The van der Waals surface area contributed by atoms with Crippen molar-refractivity contribution in [3.63, 3.8) is 0 Å². The minimum absolute atomic E-state index is 0.105. The third-order valence-electron chi connectivity index (χ3n) is 4.37. The quantitative estimate of drug-likeness (QED) is 0.867. The molecule has 0 bridgehead atoms. The number of carboxylic acid groups (broad SMARTS) is 1. The predicted octanol–water partition coefficient (Wildman–Crippen LogP) is 4.21. The number of aryl methyl sites for hydroxylation is 1. The molecular formula is C15H22O2S. The normalized spacial score (nSPS) is 28.2. The van der Waals surface area contributed by atoms with Gasteiger partial charge in [0.1, 0.15) is 0 Å². The van der Waals surface area contributed by atoms with Crippen molar-refractivity contribution in [2.75, 3.05) is 0 Å². The Labute approximate surface area is 113 Å². The summed E-state index contributed by atoms with van der Waals surface area (Å²) >= 11 is 1.72. The average Bonchev–Trinajstić information content (AvgIpc) is 2.88. The second kappa shape index (κ2) is 6.37. The zero-order chi connectivity index (χ0) is 13.0. The second-order valence-electron chi connectivity index (χ2n) is 5.46.